The van der Waals surface area contributed by atoms with Crippen LogP contribution in [0.25, 0.3) is 0 Å². The summed E-state index contributed by atoms with van der Waals surface area (Å²) in [5, 5.41) is 0. The van der Waals surface area contributed by atoms with Crippen molar-refractivity contribution in [3.63, 3.8) is 0 Å². The number of hydrogen-bond acceptors (Lipinski definition) is 2. The molecule has 16 heavy (non-hydrogen) atoms. The molecule has 0 aromatic heterocycles. The fraction of sp³-hybridized carbons (Fsp3) is 1.00. The molecule has 1 fully saturated rings. The van der Waals surface area contributed by atoms with E-state index in [9.17, 15) is 0 Å². The third kappa shape index (κ3) is 5.86. The molecule has 1 aliphatic rings. The van der Waals surface area contributed by atoms with Crippen LogP contribution in [0, 0.1) is 5.92 Å². The molecule has 0 aromatic rings. The van der Waals surface area contributed by atoms with Gasteiger partial charge in [-0.15, -0.1) is 0 Å². The third-order valence-corrected chi connectivity index (χ3v) is 3.67. The maximum atomic E-state index is 5.10. The van der Waals surface area contributed by atoms with Crippen LogP contribution in [-0.2, 0) is 4.74 Å². The number of ether oxygens (including phenoxy) is 1. The molecule has 0 aliphatic heterocycles. The van der Waals surface area contributed by atoms with E-state index < -0.39 is 0 Å². The van der Waals surface area contributed by atoms with Crippen LogP contribution in [0.15, 0.2) is 0 Å². The van der Waals surface area contributed by atoms with Crippen molar-refractivity contribution in [2.75, 3.05) is 27.3 Å². The Bertz CT molecular complexity index is 142. The first kappa shape index (κ1) is 15.9. The summed E-state index contributed by atoms with van der Waals surface area (Å²) in [5.41, 5.74) is 0. The van der Waals surface area contributed by atoms with E-state index in [-0.39, 0.29) is 0 Å². The van der Waals surface area contributed by atoms with Crippen molar-refractivity contribution >= 4 is 0 Å². The summed E-state index contributed by atoms with van der Waals surface area (Å²) in [6.07, 6.45) is 7.00. The lowest BCUT2D eigenvalue weighted by Crippen LogP contribution is -2.37. The molecule has 1 rings (SSSR count). The molecule has 0 saturated heterocycles. The molecule has 1 saturated carbocycles. The quantitative estimate of drug-likeness (QED) is 0.715. The first-order valence-electron chi connectivity index (χ1n) is 6.97. The van der Waals surface area contributed by atoms with Crippen LogP contribution in [-0.4, -0.2) is 38.3 Å². The maximum Gasteiger partial charge on any atom is 0.0589 e. The van der Waals surface area contributed by atoms with Gasteiger partial charge in [-0.3, -0.25) is 0 Å². The van der Waals surface area contributed by atoms with Gasteiger partial charge in [0.15, 0.2) is 0 Å². The summed E-state index contributed by atoms with van der Waals surface area (Å²) < 4.78 is 5.10. The number of methoxy groups -OCH3 is 1. The Morgan fingerprint density at radius 2 is 1.69 bits per heavy atom. The predicted octanol–water partition coefficient (Wildman–Crippen LogP) is 3.56. The standard InChI is InChI=1S/C12H25NO.C2H6/c1-4-11-5-7-12(8-6-11)13(2)9-10-14-3;1-2/h11-12H,4-10H2,1-3H3;1-2H3. The second-order valence-electron chi connectivity index (χ2n) is 4.56. The Balaban J connectivity index is 0.00000106. The Labute approximate surface area is 102 Å². The zero-order valence-electron chi connectivity index (χ0n) is 12.0. The summed E-state index contributed by atoms with van der Waals surface area (Å²) in [6, 6.07) is 0.813. The topological polar surface area (TPSA) is 12.5 Å². The monoisotopic (exact) mass is 229 g/mol. The third-order valence-electron chi connectivity index (χ3n) is 3.67. The number of rotatable bonds is 5. The molecule has 98 valence electrons. The van der Waals surface area contributed by atoms with Crippen molar-refractivity contribution in [2.45, 2.75) is 58.9 Å². The van der Waals surface area contributed by atoms with E-state index >= 15 is 0 Å². The molecule has 0 spiro atoms. The van der Waals surface area contributed by atoms with Crippen LogP contribution in [0.5, 0.6) is 0 Å². The van der Waals surface area contributed by atoms with Crippen LogP contribution >= 0.6 is 0 Å². The lowest BCUT2D eigenvalue weighted by atomic mass is 9.84. The van der Waals surface area contributed by atoms with E-state index in [4.69, 9.17) is 4.74 Å². The molecule has 0 bridgehead atoms. The number of likely N-dealkylation sites (N-methyl/N-ethyl adjacent to an activating group) is 1. The number of hydrogen-bond donors (Lipinski definition) is 0. The molecule has 0 radical (unpaired) electrons. The molecule has 2 heteroatoms. The lowest BCUT2D eigenvalue weighted by molar-refractivity contribution is 0.113. The zero-order valence-corrected chi connectivity index (χ0v) is 12.0. The fourth-order valence-corrected chi connectivity index (χ4v) is 2.41. The second kappa shape index (κ2) is 10.1. The van der Waals surface area contributed by atoms with Crippen LogP contribution in [0.2, 0.25) is 0 Å². The highest BCUT2D eigenvalue weighted by Crippen LogP contribution is 2.28. The van der Waals surface area contributed by atoms with Crippen LogP contribution in [0.3, 0.4) is 0 Å². The largest absolute Gasteiger partial charge is 0.383 e. The molecular formula is C14H31NO. The van der Waals surface area contributed by atoms with Gasteiger partial charge in [0.1, 0.15) is 0 Å². The fourth-order valence-electron chi connectivity index (χ4n) is 2.41. The highest BCUT2D eigenvalue weighted by molar-refractivity contribution is 4.77. The lowest BCUT2D eigenvalue weighted by Gasteiger charge is -2.34. The summed E-state index contributed by atoms with van der Waals surface area (Å²) in [7, 11) is 4.01. The van der Waals surface area contributed by atoms with Gasteiger partial charge in [-0.25, -0.2) is 0 Å². The van der Waals surface area contributed by atoms with Gasteiger partial charge in [-0.2, -0.15) is 0 Å². The normalized spacial score (nSPS) is 25.1. The Hall–Kier alpha value is -0.0800. The van der Waals surface area contributed by atoms with Crippen molar-refractivity contribution in [3.8, 4) is 0 Å². The molecule has 0 amide bonds. The smallest absolute Gasteiger partial charge is 0.0589 e. The van der Waals surface area contributed by atoms with Gasteiger partial charge in [0.25, 0.3) is 0 Å². The summed E-state index contributed by atoms with van der Waals surface area (Å²) in [5.74, 6) is 1.00. The minimum Gasteiger partial charge on any atom is -0.383 e. The Morgan fingerprint density at radius 1 is 1.12 bits per heavy atom. The van der Waals surface area contributed by atoms with E-state index in [1.54, 1.807) is 7.11 Å². The molecule has 0 aromatic carbocycles. The molecule has 0 heterocycles. The van der Waals surface area contributed by atoms with Crippen molar-refractivity contribution < 1.29 is 4.74 Å². The van der Waals surface area contributed by atoms with E-state index in [0.29, 0.717) is 0 Å². The van der Waals surface area contributed by atoms with Gasteiger partial charge >= 0.3 is 0 Å². The minimum absolute atomic E-state index is 0.813. The maximum absolute atomic E-state index is 5.10. The van der Waals surface area contributed by atoms with Gasteiger partial charge in [0, 0.05) is 19.7 Å². The van der Waals surface area contributed by atoms with E-state index in [2.05, 4.69) is 18.9 Å². The van der Waals surface area contributed by atoms with Crippen LogP contribution < -0.4 is 0 Å². The Morgan fingerprint density at radius 3 is 2.12 bits per heavy atom. The van der Waals surface area contributed by atoms with Gasteiger partial charge < -0.3 is 9.64 Å². The predicted molar refractivity (Wildman–Crippen MR) is 71.9 cm³/mol. The van der Waals surface area contributed by atoms with E-state index in [0.717, 1.165) is 25.1 Å². The molecular weight excluding hydrogens is 198 g/mol. The molecule has 0 atom stereocenters. The SMILES string of the molecule is CC.CCC1CCC(N(C)CCOC)CC1. The second-order valence-corrected chi connectivity index (χ2v) is 4.56. The average molecular weight is 229 g/mol. The molecule has 1 aliphatic carbocycles. The Kier molecular flexibility index (Phi) is 10.0. The van der Waals surface area contributed by atoms with Gasteiger partial charge in [0.05, 0.1) is 6.61 Å². The van der Waals surface area contributed by atoms with Crippen LogP contribution in [0.1, 0.15) is 52.9 Å². The van der Waals surface area contributed by atoms with Crippen molar-refractivity contribution in [2.24, 2.45) is 5.92 Å². The minimum atomic E-state index is 0.813. The molecule has 2 nitrogen and oxygen atoms in total. The highest BCUT2D eigenvalue weighted by atomic mass is 16.5. The summed E-state index contributed by atoms with van der Waals surface area (Å²) >= 11 is 0. The zero-order chi connectivity index (χ0) is 12.4. The molecule has 0 N–H and O–H groups in total. The average Bonchev–Trinajstić information content (AvgIpc) is 2.38. The van der Waals surface area contributed by atoms with Crippen molar-refractivity contribution in [3.05, 3.63) is 0 Å². The van der Waals surface area contributed by atoms with Gasteiger partial charge in [-0.05, 0) is 38.6 Å². The number of nitrogens with zero attached hydrogens (tertiary/aromatic N) is 1. The first-order chi connectivity index (χ1) is 7.77. The highest BCUT2D eigenvalue weighted by Gasteiger charge is 2.22. The van der Waals surface area contributed by atoms with E-state index in [1.807, 2.05) is 13.8 Å². The first-order valence-corrected chi connectivity index (χ1v) is 6.97. The summed E-state index contributed by atoms with van der Waals surface area (Å²) in [4.78, 5) is 2.47. The summed E-state index contributed by atoms with van der Waals surface area (Å²) in [6.45, 7) is 8.27. The van der Waals surface area contributed by atoms with E-state index in [1.165, 1.54) is 32.1 Å². The van der Waals surface area contributed by atoms with Crippen molar-refractivity contribution in [1.29, 1.82) is 0 Å². The molecule has 0 unspecified atom stereocenters. The van der Waals surface area contributed by atoms with Gasteiger partial charge in [0.2, 0.25) is 0 Å². The van der Waals surface area contributed by atoms with Crippen LogP contribution in [0.4, 0.5) is 0 Å². The van der Waals surface area contributed by atoms with Gasteiger partial charge in [-0.1, -0.05) is 27.2 Å². The van der Waals surface area contributed by atoms with Crippen molar-refractivity contribution in [1.82, 2.24) is 4.90 Å².